The molecule has 0 bridgehead atoms. The molecular weight excluding hydrogens is 316 g/mol. The van der Waals surface area contributed by atoms with Crippen molar-refractivity contribution in [3.8, 4) is 5.75 Å². The number of aromatic nitrogens is 2. The number of carbonyl (C=O) groups is 2. The van der Waals surface area contributed by atoms with Crippen LogP contribution in [0.4, 0.5) is 5.13 Å². The van der Waals surface area contributed by atoms with Gasteiger partial charge in [-0.15, -0.1) is 10.2 Å². The van der Waals surface area contributed by atoms with E-state index in [4.69, 9.17) is 4.74 Å². The smallest absolute Gasteiger partial charge is 0.248 e. The van der Waals surface area contributed by atoms with Crippen molar-refractivity contribution in [3.63, 3.8) is 0 Å². The number of nitrogens with zero attached hydrogens (tertiary/aromatic N) is 2. The van der Waals surface area contributed by atoms with Gasteiger partial charge in [-0.05, 0) is 24.1 Å². The molecule has 1 aliphatic heterocycles. The van der Waals surface area contributed by atoms with Gasteiger partial charge in [0.1, 0.15) is 16.8 Å². The fourth-order valence-electron chi connectivity index (χ4n) is 2.30. The van der Waals surface area contributed by atoms with Gasteiger partial charge in [0.2, 0.25) is 16.9 Å². The zero-order chi connectivity index (χ0) is 16.2. The highest BCUT2D eigenvalue weighted by Gasteiger charge is 2.27. The second-order valence-corrected chi connectivity index (χ2v) is 6.24. The Morgan fingerprint density at radius 3 is 2.83 bits per heavy atom. The quantitative estimate of drug-likeness (QED) is 0.862. The molecule has 0 aliphatic carbocycles. The van der Waals surface area contributed by atoms with Crippen molar-refractivity contribution < 1.29 is 14.3 Å². The van der Waals surface area contributed by atoms with Gasteiger partial charge in [0.05, 0.1) is 7.11 Å². The molecule has 1 saturated heterocycles. The maximum absolute atomic E-state index is 12.0. The number of nitrogens with one attached hydrogen (secondary N) is 2. The summed E-state index contributed by atoms with van der Waals surface area (Å²) in [5.74, 6) is 0.461. The van der Waals surface area contributed by atoms with Gasteiger partial charge in [0.25, 0.3) is 0 Å². The van der Waals surface area contributed by atoms with Gasteiger partial charge in [-0.2, -0.15) is 0 Å². The molecule has 2 heterocycles. The molecule has 0 unspecified atom stereocenters. The predicted molar refractivity (Wildman–Crippen MR) is 85.5 cm³/mol. The van der Waals surface area contributed by atoms with Crippen LogP contribution in [0.3, 0.4) is 0 Å². The molecule has 1 aromatic heterocycles. The van der Waals surface area contributed by atoms with E-state index in [1.54, 1.807) is 7.11 Å². The summed E-state index contributed by atoms with van der Waals surface area (Å²) in [5, 5.41) is 14.6. The number of hydrogen-bond acceptors (Lipinski definition) is 6. The third-order valence-electron chi connectivity index (χ3n) is 3.52. The molecule has 1 aromatic carbocycles. The Morgan fingerprint density at radius 1 is 1.39 bits per heavy atom. The standard InChI is InChI=1S/C15H16N4O3S/c1-22-10-4-2-9(3-5-10)8-13-18-19-15(23-13)17-14(21)11-6-7-12(20)16-11/h2-5,11H,6-8H2,1H3,(H,16,20)(H,17,19,21)/t11-/m0/s1. The highest BCUT2D eigenvalue weighted by molar-refractivity contribution is 7.15. The van der Waals surface area contributed by atoms with E-state index >= 15 is 0 Å². The maximum Gasteiger partial charge on any atom is 0.248 e. The molecule has 2 aromatic rings. The van der Waals surface area contributed by atoms with Gasteiger partial charge in [0.15, 0.2) is 0 Å². The van der Waals surface area contributed by atoms with Gasteiger partial charge in [-0.1, -0.05) is 23.5 Å². The number of methoxy groups -OCH3 is 1. The molecular formula is C15H16N4O3S. The monoisotopic (exact) mass is 332 g/mol. The van der Waals surface area contributed by atoms with Crippen molar-refractivity contribution >= 4 is 28.3 Å². The minimum atomic E-state index is -0.476. The topological polar surface area (TPSA) is 93.2 Å². The van der Waals surface area contributed by atoms with Gasteiger partial charge < -0.3 is 10.1 Å². The lowest BCUT2D eigenvalue weighted by molar-refractivity contribution is -0.122. The first-order chi connectivity index (χ1) is 11.1. The first kappa shape index (κ1) is 15.4. The normalized spacial score (nSPS) is 16.9. The Labute approximate surface area is 137 Å². The van der Waals surface area contributed by atoms with E-state index in [1.165, 1.54) is 11.3 Å². The second kappa shape index (κ2) is 6.74. The van der Waals surface area contributed by atoms with Crippen molar-refractivity contribution in [2.45, 2.75) is 25.3 Å². The average molecular weight is 332 g/mol. The van der Waals surface area contributed by atoms with E-state index in [0.29, 0.717) is 24.4 Å². The zero-order valence-electron chi connectivity index (χ0n) is 12.5. The van der Waals surface area contributed by atoms with E-state index in [9.17, 15) is 9.59 Å². The third-order valence-corrected chi connectivity index (χ3v) is 4.36. The van der Waals surface area contributed by atoms with E-state index < -0.39 is 6.04 Å². The van der Waals surface area contributed by atoms with Crippen LogP contribution in [0.2, 0.25) is 0 Å². The number of carbonyl (C=O) groups excluding carboxylic acids is 2. The Morgan fingerprint density at radius 2 is 2.17 bits per heavy atom. The van der Waals surface area contributed by atoms with E-state index in [2.05, 4.69) is 20.8 Å². The van der Waals surface area contributed by atoms with Crippen LogP contribution < -0.4 is 15.4 Å². The molecule has 0 spiro atoms. The van der Waals surface area contributed by atoms with Crippen LogP contribution in [-0.2, 0) is 16.0 Å². The zero-order valence-corrected chi connectivity index (χ0v) is 13.4. The minimum Gasteiger partial charge on any atom is -0.497 e. The molecule has 8 heteroatoms. The summed E-state index contributed by atoms with van der Waals surface area (Å²) in [6.07, 6.45) is 1.54. The number of amides is 2. The van der Waals surface area contributed by atoms with Gasteiger partial charge in [0, 0.05) is 12.8 Å². The van der Waals surface area contributed by atoms with Gasteiger partial charge >= 0.3 is 0 Å². The summed E-state index contributed by atoms with van der Waals surface area (Å²) in [7, 11) is 1.63. The first-order valence-corrected chi connectivity index (χ1v) is 8.01. The number of hydrogen-bond donors (Lipinski definition) is 2. The number of anilines is 1. The lowest BCUT2D eigenvalue weighted by atomic mass is 10.1. The molecule has 120 valence electrons. The molecule has 23 heavy (non-hydrogen) atoms. The lowest BCUT2D eigenvalue weighted by Crippen LogP contribution is -2.37. The van der Waals surface area contributed by atoms with Crippen molar-refractivity contribution in [1.29, 1.82) is 0 Å². The number of rotatable bonds is 5. The molecule has 7 nitrogen and oxygen atoms in total. The van der Waals surface area contributed by atoms with E-state index in [1.807, 2.05) is 24.3 Å². The van der Waals surface area contributed by atoms with E-state index in [-0.39, 0.29) is 11.8 Å². The summed E-state index contributed by atoms with van der Waals surface area (Å²) in [5.41, 5.74) is 1.09. The predicted octanol–water partition coefficient (Wildman–Crippen LogP) is 1.35. The molecule has 3 rings (SSSR count). The highest BCUT2D eigenvalue weighted by atomic mass is 32.1. The first-order valence-electron chi connectivity index (χ1n) is 7.19. The van der Waals surface area contributed by atoms with Crippen molar-refractivity contribution in [3.05, 3.63) is 34.8 Å². The second-order valence-electron chi connectivity index (χ2n) is 5.17. The molecule has 1 fully saturated rings. The summed E-state index contributed by atoms with van der Waals surface area (Å²) >= 11 is 1.33. The number of benzene rings is 1. The fraction of sp³-hybridized carbons (Fsp3) is 0.333. The Bertz CT molecular complexity index is 714. The van der Waals surface area contributed by atoms with E-state index in [0.717, 1.165) is 16.3 Å². The van der Waals surface area contributed by atoms with Crippen LogP contribution in [0.5, 0.6) is 5.75 Å². The summed E-state index contributed by atoms with van der Waals surface area (Å²) in [6, 6.07) is 7.24. The SMILES string of the molecule is COc1ccc(Cc2nnc(NC(=O)[C@@H]3CCC(=O)N3)s2)cc1. The summed E-state index contributed by atoms with van der Waals surface area (Å²) in [6.45, 7) is 0. The van der Waals surface area contributed by atoms with Gasteiger partial charge in [-0.3, -0.25) is 14.9 Å². The third kappa shape index (κ3) is 3.84. The maximum atomic E-state index is 12.0. The van der Waals surface area contributed by atoms with Crippen LogP contribution >= 0.6 is 11.3 Å². The molecule has 0 radical (unpaired) electrons. The van der Waals surface area contributed by atoms with Crippen molar-refractivity contribution in [1.82, 2.24) is 15.5 Å². The Balaban J connectivity index is 1.59. The number of ether oxygens (including phenoxy) is 1. The molecule has 2 N–H and O–H groups in total. The minimum absolute atomic E-state index is 0.0948. The van der Waals surface area contributed by atoms with Crippen molar-refractivity contribution in [2.75, 3.05) is 12.4 Å². The summed E-state index contributed by atoms with van der Waals surface area (Å²) in [4.78, 5) is 23.1. The van der Waals surface area contributed by atoms with Crippen molar-refractivity contribution in [2.24, 2.45) is 0 Å². The largest absolute Gasteiger partial charge is 0.497 e. The molecule has 2 amide bonds. The summed E-state index contributed by atoms with van der Waals surface area (Å²) < 4.78 is 5.12. The van der Waals surface area contributed by atoms with Crippen LogP contribution in [0, 0.1) is 0 Å². The van der Waals surface area contributed by atoms with Crippen LogP contribution in [0.25, 0.3) is 0 Å². The lowest BCUT2D eigenvalue weighted by Gasteiger charge is -2.07. The van der Waals surface area contributed by atoms with Crippen LogP contribution in [0.1, 0.15) is 23.4 Å². The molecule has 1 atom stereocenters. The Hall–Kier alpha value is -2.48. The van der Waals surface area contributed by atoms with Gasteiger partial charge in [-0.25, -0.2) is 0 Å². The highest BCUT2D eigenvalue weighted by Crippen LogP contribution is 2.21. The molecule has 1 aliphatic rings. The average Bonchev–Trinajstić information content (AvgIpc) is 3.17. The Kier molecular flexibility index (Phi) is 4.52. The van der Waals surface area contributed by atoms with Crippen LogP contribution in [0.15, 0.2) is 24.3 Å². The van der Waals surface area contributed by atoms with Crippen LogP contribution in [-0.4, -0.2) is 35.2 Å². The molecule has 0 saturated carbocycles. The fourth-order valence-corrected chi connectivity index (χ4v) is 3.07.